The van der Waals surface area contributed by atoms with Crippen LogP contribution in [0, 0.1) is 6.92 Å². The molecule has 0 aliphatic heterocycles. The molecule has 0 spiro atoms. The van der Waals surface area contributed by atoms with Gasteiger partial charge in [-0.2, -0.15) is 0 Å². The summed E-state index contributed by atoms with van der Waals surface area (Å²) in [6.07, 6.45) is 0. The van der Waals surface area contributed by atoms with Gasteiger partial charge in [0.2, 0.25) is 5.91 Å². The number of carboxylic acid groups (broad SMARTS) is 1. The lowest BCUT2D eigenvalue weighted by Gasteiger charge is -2.09. The Balaban J connectivity index is 2.90. The number of aryl methyl sites for hydroxylation is 1. The number of amides is 1. The number of nitrogens with two attached hydrogens (primary N) is 1. The Kier molecular flexibility index (Phi) is 3.63. The van der Waals surface area contributed by atoms with Crippen molar-refractivity contribution in [1.29, 1.82) is 0 Å². The second kappa shape index (κ2) is 4.76. The highest BCUT2D eigenvalue weighted by Gasteiger charge is 2.10. The van der Waals surface area contributed by atoms with Gasteiger partial charge in [-0.05, 0) is 37.6 Å². The van der Waals surface area contributed by atoms with Crippen molar-refractivity contribution in [2.75, 3.05) is 5.32 Å². The summed E-state index contributed by atoms with van der Waals surface area (Å²) in [4.78, 5) is 22.0. The number of rotatable bonds is 3. The Labute approximate surface area is 93.3 Å². The van der Waals surface area contributed by atoms with Gasteiger partial charge in [0, 0.05) is 5.69 Å². The molecule has 1 aromatic carbocycles. The fraction of sp³-hybridized carbons (Fsp3) is 0.273. The minimum atomic E-state index is -0.984. The third kappa shape index (κ3) is 2.80. The van der Waals surface area contributed by atoms with E-state index in [-0.39, 0.29) is 11.5 Å². The Morgan fingerprint density at radius 3 is 2.50 bits per heavy atom. The maximum Gasteiger partial charge on any atom is 0.335 e. The van der Waals surface area contributed by atoms with E-state index < -0.39 is 12.0 Å². The lowest BCUT2D eigenvalue weighted by atomic mass is 10.1. The first-order chi connectivity index (χ1) is 7.41. The molecule has 1 rings (SSSR count). The molecule has 16 heavy (non-hydrogen) atoms. The Bertz CT molecular complexity index is 427. The van der Waals surface area contributed by atoms with Crippen LogP contribution in [-0.2, 0) is 4.79 Å². The molecule has 86 valence electrons. The Morgan fingerprint density at radius 2 is 2.06 bits per heavy atom. The molecule has 5 nitrogen and oxygen atoms in total. The van der Waals surface area contributed by atoms with Gasteiger partial charge in [-0.25, -0.2) is 4.79 Å². The van der Waals surface area contributed by atoms with E-state index in [1.165, 1.54) is 12.1 Å². The molecule has 1 amide bonds. The van der Waals surface area contributed by atoms with Gasteiger partial charge in [-0.3, -0.25) is 4.79 Å². The van der Waals surface area contributed by atoms with Gasteiger partial charge in [0.1, 0.15) is 0 Å². The van der Waals surface area contributed by atoms with Gasteiger partial charge in [0.05, 0.1) is 11.6 Å². The topological polar surface area (TPSA) is 92.4 Å². The van der Waals surface area contributed by atoms with Gasteiger partial charge in [-0.15, -0.1) is 0 Å². The molecule has 0 aromatic heterocycles. The Hall–Kier alpha value is -1.88. The fourth-order valence-electron chi connectivity index (χ4n) is 1.24. The summed E-state index contributed by atoms with van der Waals surface area (Å²) >= 11 is 0. The lowest BCUT2D eigenvalue weighted by molar-refractivity contribution is -0.117. The molecule has 4 N–H and O–H groups in total. The predicted molar refractivity (Wildman–Crippen MR) is 60.4 cm³/mol. The lowest BCUT2D eigenvalue weighted by Crippen LogP contribution is -2.32. The number of hydrogen-bond acceptors (Lipinski definition) is 3. The highest BCUT2D eigenvalue weighted by molar-refractivity contribution is 5.95. The molecule has 0 saturated carbocycles. The standard InChI is InChI=1S/C11H14N2O3/c1-6-5-8(13-10(14)7(2)12)3-4-9(6)11(15)16/h3-5,7H,12H2,1-2H3,(H,13,14)(H,15,16). The fourth-order valence-corrected chi connectivity index (χ4v) is 1.24. The zero-order valence-corrected chi connectivity index (χ0v) is 9.15. The summed E-state index contributed by atoms with van der Waals surface area (Å²) < 4.78 is 0. The van der Waals surface area contributed by atoms with Crippen LogP contribution in [0.2, 0.25) is 0 Å². The van der Waals surface area contributed by atoms with Crippen LogP contribution in [-0.4, -0.2) is 23.0 Å². The van der Waals surface area contributed by atoms with Gasteiger partial charge in [0.25, 0.3) is 0 Å². The van der Waals surface area contributed by atoms with E-state index in [0.717, 1.165) is 0 Å². The summed E-state index contributed by atoms with van der Waals surface area (Å²) in [7, 11) is 0. The monoisotopic (exact) mass is 222 g/mol. The second-order valence-corrected chi connectivity index (χ2v) is 3.61. The summed E-state index contributed by atoms with van der Waals surface area (Å²) in [5.74, 6) is -1.29. The zero-order chi connectivity index (χ0) is 12.3. The van der Waals surface area contributed by atoms with E-state index in [0.29, 0.717) is 11.3 Å². The number of carbonyl (C=O) groups is 2. The van der Waals surface area contributed by atoms with Crippen LogP contribution >= 0.6 is 0 Å². The first-order valence-electron chi connectivity index (χ1n) is 4.82. The smallest absolute Gasteiger partial charge is 0.335 e. The summed E-state index contributed by atoms with van der Waals surface area (Å²) in [5, 5.41) is 11.4. The van der Waals surface area contributed by atoms with Crippen molar-refractivity contribution in [2.24, 2.45) is 5.73 Å². The third-order valence-electron chi connectivity index (χ3n) is 2.14. The average molecular weight is 222 g/mol. The van der Waals surface area contributed by atoms with Gasteiger partial charge in [-0.1, -0.05) is 0 Å². The number of nitrogens with one attached hydrogen (secondary N) is 1. The third-order valence-corrected chi connectivity index (χ3v) is 2.14. The van der Waals surface area contributed by atoms with E-state index in [1.807, 2.05) is 0 Å². The second-order valence-electron chi connectivity index (χ2n) is 3.61. The van der Waals surface area contributed by atoms with Crippen molar-refractivity contribution in [1.82, 2.24) is 0 Å². The SMILES string of the molecule is Cc1cc(NC(=O)C(C)N)ccc1C(=O)O. The summed E-state index contributed by atoms with van der Waals surface area (Å²) in [6, 6.07) is 3.99. The molecule has 1 unspecified atom stereocenters. The number of carboxylic acids is 1. The van der Waals surface area contributed by atoms with E-state index in [1.54, 1.807) is 19.9 Å². The van der Waals surface area contributed by atoms with Crippen LogP contribution < -0.4 is 11.1 Å². The molecule has 1 aromatic rings. The molecule has 0 fully saturated rings. The zero-order valence-electron chi connectivity index (χ0n) is 9.15. The maximum atomic E-state index is 11.3. The molecule has 0 saturated heterocycles. The van der Waals surface area contributed by atoms with Crippen molar-refractivity contribution in [3.8, 4) is 0 Å². The highest BCUT2D eigenvalue weighted by Crippen LogP contribution is 2.15. The van der Waals surface area contributed by atoms with Crippen molar-refractivity contribution in [3.63, 3.8) is 0 Å². The summed E-state index contributed by atoms with van der Waals surface area (Å²) in [5.41, 5.74) is 6.75. The normalized spacial score (nSPS) is 11.9. The van der Waals surface area contributed by atoms with E-state index in [4.69, 9.17) is 10.8 Å². The molecule has 0 aliphatic rings. The number of aromatic carboxylic acids is 1. The minimum Gasteiger partial charge on any atom is -0.478 e. The van der Waals surface area contributed by atoms with Crippen LogP contribution in [0.25, 0.3) is 0 Å². The first kappa shape index (κ1) is 12.2. The molecule has 0 heterocycles. The predicted octanol–water partition coefficient (Wildman–Crippen LogP) is 0.979. The van der Waals surface area contributed by atoms with Crippen LogP contribution in [0.15, 0.2) is 18.2 Å². The summed E-state index contributed by atoms with van der Waals surface area (Å²) in [6.45, 7) is 3.25. The minimum absolute atomic E-state index is 0.221. The van der Waals surface area contributed by atoms with E-state index in [9.17, 15) is 9.59 Å². The van der Waals surface area contributed by atoms with Crippen LogP contribution in [0.4, 0.5) is 5.69 Å². The van der Waals surface area contributed by atoms with Gasteiger partial charge < -0.3 is 16.2 Å². The van der Waals surface area contributed by atoms with Crippen LogP contribution in [0.5, 0.6) is 0 Å². The van der Waals surface area contributed by atoms with Crippen molar-refractivity contribution in [2.45, 2.75) is 19.9 Å². The molecule has 0 radical (unpaired) electrons. The molecule has 0 aliphatic carbocycles. The van der Waals surface area contributed by atoms with Crippen molar-refractivity contribution < 1.29 is 14.7 Å². The molecular weight excluding hydrogens is 208 g/mol. The maximum absolute atomic E-state index is 11.3. The number of benzene rings is 1. The molecule has 5 heteroatoms. The molecular formula is C11H14N2O3. The van der Waals surface area contributed by atoms with Crippen molar-refractivity contribution >= 4 is 17.6 Å². The Morgan fingerprint density at radius 1 is 1.44 bits per heavy atom. The van der Waals surface area contributed by atoms with Gasteiger partial charge in [0.15, 0.2) is 0 Å². The number of anilines is 1. The number of hydrogen-bond donors (Lipinski definition) is 3. The van der Waals surface area contributed by atoms with Crippen molar-refractivity contribution in [3.05, 3.63) is 29.3 Å². The van der Waals surface area contributed by atoms with E-state index in [2.05, 4.69) is 5.32 Å². The number of carbonyl (C=O) groups excluding carboxylic acids is 1. The van der Waals surface area contributed by atoms with E-state index >= 15 is 0 Å². The highest BCUT2D eigenvalue weighted by atomic mass is 16.4. The first-order valence-corrected chi connectivity index (χ1v) is 4.82. The van der Waals surface area contributed by atoms with Crippen LogP contribution in [0.3, 0.4) is 0 Å². The molecule has 0 bridgehead atoms. The average Bonchev–Trinajstić information content (AvgIpc) is 2.16. The van der Waals surface area contributed by atoms with Crippen LogP contribution in [0.1, 0.15) is 22.8 Å². The largest absolute Gasteiger partial charge is 0.478 e. The quantitative estimate of drug-likeness (QED) is 0.710. The van der Waals surface area contributed by atoms with Gasteiger partial charge >= 0.3 is 5.97 Å². The molecule has 1 atom stereocenters.